The molecule has 1 fully saturated rings. The summed E-state index contributed by atoms with van der Waals surface area (Å²) in [5.41, 5.74) is 1.49. The highest BCUT2D eigenvalue weighted by atomic mass is 79.9. The Morgan fingerprint density at radius 1 is 1.32 bits per heavy atom. The Balaban J connectivity index is 1.59. The molecule has 114 valence electrons. The van der Waals surface area contributed by atoms with Gasteiger partial charge in [0, 0.05) is 22.0 Å². The second kappa shape index (κ2) is 6.39. The molecule has 0 aliphatic heterocycles. The van der Waals surface area contributed by atoms with Crippen LogP contribution >= 0.6 is 27.5 Å². The quantitative estimate of drug-likeness (QED) is 0.818. The lowest BCUT2D eigenvalue weighted by Gasteiger charge is -2.07. The smallest absolute Gasteiger partial charge is 0.224 e. The van der Waals surface area contributed by atoms with E-state index in [0.717, 1.165) is 10.0 Å². The molecule has 1 saturated carbocycles. The fourth-order valence-corrected chi connectivity index (χ4v) is 3.32. The fraction of sp³-hybridized carbons (Fsp3) is 0.235. The van der Waals surface area contributed by atoms with Gasteiger partial charge < -0.3 is 5.32 Å². The summed E-state index contributed by atoms with van der Waals surface area (Å²) >= 11 is 9.47. The first kappa shape index (κ1) is 15.5. The van der Waals surface area contributed by atoms with Gasteiger partial charge in [0.25, 0.3) is 0 Å². The topological polar surface area (TPSA) is 29.1 Å². The van der Waals surface area contributed by atoms with Crippen molar-refractivity contribution < 1.29 is 9.18 Å². The number of carbonyl (C=O) groups is 1. The minimum atomic E-state index is -0.237. The van der Waals surface area contributed by atoms with E-state index in [2.05, 4.69) is 21.2 Å². The molecular formula is C17H14BrClFNO. The van der Waals surface area contributed by atoms with E-state index in [-0.39, 0.29) is 23.6 Å². The average Bonchev–Trinajstić information content (AvgIpc) is 3.27. The van der Waals surface area contributed by atoms with Gasteiger partial charge >= 0.3 is 0 Å². The highest BCUT2D eigenvalue weighted by Gasteiger charge is 2.44. The van der Waals surface area contributed by atoms with Gasteiger partial charge in [0.2, 0.25) is 5.91 Å². The summed E-state index contributed by atoms with van der Waals surface area (Å²) in [5, 5.41) is 3.49. The number of nitrogens with one attached hydrogen (secondary N) is 1. The van der Waals surface area contributed by atoms with Crippen molar-refractivity contribution in [1.29, 1.82) is 0 Å². The third kappa shape index (κ3) is 3.33. The monoisotopic (exact) mass is 381 g/mol. The van der Waals surface area contributed by atoms with E-state index in [1.807, 2.05) is 12.1 Å². The van der Waals surface area contributed by atoms with Crippen LogP contribution in [0.2, 0.25) is 5.02 Å². The summed E-state index contributed by atoms with van der Waals surface area (Å²) in [6, 6.07) is 12.2. The molecule has 5 heteroatoms. The summed E-state index contributed by atoms with van der Waals surface area (Å²) in [5.74, 6) is -0.446. The van der Waals surface area contributed by atoms with E-state index in [0.29, 0.717) is 23.6 Å². The van der Waals surface area contributed by atoms with E-state index in [1.54, 1.807) is 24.3 Å². The highest BCUT2D eigenvalue weighted by Crippen LogP contribution is 2.48. The zero-order valence-electron chi connectivity index (χ0n) is 11.7. The van der Waals surface area contributed by atoms with Gasteiger partial charge in [0.1, 0.15) is 5.82 Å². The predicted molar refractivity (Wildman–Crippen MR) is 88.2 cm³/mol. The van der Waals surface area contributed by atoms with E-state index >= 15 is 0 Å². The Hall–Kier alpha value is -1.39. The lowest BCUT2D eigenvalue weighted by atomic mass is 10.1. The first-order valence-corrected chi connectivity index (χ1v) is 8.19. The second-order valence-corrected chi connectivity index (χ2v) is 6.75. The van der Waals surface area contributed by atoms with Crippen molar-refractivity contribution in [2.24, 2.45) is 5.92 Å². The Bertz CT molecular complexity index is 722. The van der Waals surface area contributed by atoms with E-state index in [9.17, 15) is 9.18 Å². The van der Waals surface area contributed by atoms with Crippen LogP contribution in [-0.4, -0.2) is 5.91 Å². The van der Waals surface area contributed by atoms with Crippen LogP contribution in [0, 0.1) is 11.7 Å². The van der Waals surface area contributed by atoms with E-state index in [1.165, 1.54) is 6.07 Å². The van der Waals surface area contributed by atoms with E-state index in [4.69, 9.17) is 11.6 Å². The molecule has 0 radical (unpaired) electrons. The number of benzene rings is 2. The van der Waals surface area contributed by atoms with Crippen molar-refractivity contribution in [3.63, 3.8) is 0 Å². The van der Waals surface area contributed by atoms with Crippen LogP contribution in [0.5, 0.6) is 0 Å². The van der Waals surface area contributed by atoms with Gasteiger partial charge in [-0.1, -0.05) is 51.8 Å². The van der Waals surface area contributed by atoms with Crippen molar-refractivity contribution in [2.45, 2.75) is 18.9 Å². The maximum Gasteiger partial charge on any atom is 0.224 e. The van der Waals surface area contributed by atoms with Crippen molar-refractivity contribution in [2.75, 3.05) is 0 Å². The SMILES string of the molecule is O=C(NCc1ccc(Br)cc1Cl)C1CC1c1ccccc1F. The van der Waals surface area contributed by atoms with Crippen LogP contribution in [0.15, 0.2) is 46.9 Å². The van der Waals surface area contributed by atoms with Crippen LogP contribution in [0.1, 0.15) is 23.5 Å². The molecule has 2 aromatic carbocycles. The third-order valence-electron chi connectivity index (χ3n) is 3.90. The number of carbonyl (C=O) groups excluding carboxylic acids is 1. The van der Waals surface area contributed by atoms with Crippen LogP contribution in [0.3, 0.4) is 0 Å². The number of rotatable bonds is 4. The zero-order chi connectivity index (χ0) is 15.7. The van der Waals surface area contributed by atoms with Crippen LogP contribution in [0.25, 0.3) is 0 Å². The summed E-state index contributed by atoms with van der Waals surface area (Å²) < 4.78 is 14.6. The Morgan fingerprint density at radius 3 is 2.82 bits per heavy atom. The number of hydrogen-bond donors (Lipinski definition) is 1. The Morgan fingerprint density at radius 2 is 2.09 bits per heavy atom. The fourth-order valence-electron chi connectivity index (χ4n) is 2.58. The molecule has 2 aromatic rings. The van der Waals surface area contributed by atoms with Gasteiger partial charge in [-0.2, -0.15) is 0 Å². The molecule has 1 aliphatic carbocycles. The molecule has 3 rings (SSSR count). The molecule has 2 unspecified atom stereocenters. The molecule has 2 nitrogen and oxygen atoms in total. The van der Waals surface area contributed by atoms with Crippen molar-refractivity contribution in [1.82, 2.24) is 5.32 Å². The van der Waals surface area contributed by atoms with Gasteiger partial charge in [0.15, 0.2) is 0 Å². The zero-order valence-corrected chi connectivity index (χ0v) is 14.0. The van der Waals surface area contributed by atoms with Gasteiger partial charge in [-0.25, -0.2) is 4.39 Å². The molecule has 1 N–H and O–H groups in total. The predicted octanol–water partition coefficient (Wildman–Crippen LogP) is 4.66. The lowest BCUT2D eigenvalue weighted by Crippen LogP contribution is -2.25. The molecule has 0 bridgehead atoms. The maximum atomic E-state index is 13.7. The van der Waals surface area contributed by atoms with Crippen LogP contribution < -0.4 is 5.32 Å². The summed E-state index contributed by atoms with van der Waals surface area (Å²) in [7, 11) is 0. The molecule has 0 spiro atoms. The average molecular weight is 383 g/mol. The summed E-state index contributed by atoms with van der Waals surface area (Å²) in [4.78, 5) is 12.2. The number of halogens is 3. The largest absolute Gasteiger partial charge is 0.352 e. The third-order valence-corrected chi connectivity index (χ3v) is 4.75. The molecule has 0 aromatic heterocycles. The molecule has 2 atom stereocenters. The minimum absolute atomic E-state index is 0.0124. The number of amides is 1. The Labute approximate surface area is 141 Å². The molecule has 22 heavy (non-hydrogen) atoms. The first-order valence-electron chi connectivity index (χ1n) is 7.02. The maximum absolute atomic E-state index is 13.7. The van der Waals surface area contributed by atoms with E-state index < -0.39 is 0 Å². The van der Waals surface area contributed by atoms with Crippen molar-refractivity contribution >= 4 is 33.4 Å². The normalized spacial score (nSPS) is 19.8. The highest BCUT2D eigenvalue weighted by molar-refractivity contribution is 9.10. The molecule has 0 saturated heterocycles. The van der Waals surface area contributed by atoms with Crippen LogP contribution in [-0.2, 0) is 11.3 Å². The number of hydrogen-bond acceptors (Lipinski definition) is 1. The van der Waals surface area contributed by atoms with Crippen molar-refractivity contribution in [3.8, 4) is 0 Å². The standard InChI is InChI=1S/C17H14BrClFNO/c18-11-6-5-10(15(19)7-11)9-21-17(22)14-8-13(14)12-3-1-2-4-16(12)20/h1-7,13-14H,8-9H2,(H,21,22). The minimum Gasteiger partial charge on any atom is -0.352 e. The molecule has 1 aliphatic rings. The summed E-state index contributed by atoms with van der Waals surface area (Å²) in [6.07, 6.45) is 0.695. The van der Waals surface area contributed by atoms with Gasteiger partial charge in [0.05, 0.1) is 0 Å². The van der Waals surface area contributed by atoms with Gasteiger partial charge in [-0.05, 0) is 41.7 Å². The van der Waals surface area contributed by atoms with Gasteiger partial charge in [-0.15, -0.1) is 0 Å². The summed E-state index contributed by atoms with van der Waals surface area (Å²) in [6.45, 7) is 0.380. The Kier molecular flexibility index (Phi) is 4.50. The van der Waals surface area contributed by atoms with Crippen LogP contribution in [0.4, 0.5) is 4.39 Å². The lowest BCUT2D eigenvalue weighted by molar-refractivity contribution is -0.122. The first-order chi connectivity index (χ1) is 10.6. The molecule has 0 heterocycles. The van der Waals surface area contributed by atoms with Crippen molar-refractivity contribution in [3.05, 3.63) is 68.9 Å². The molecule has 1 amide bonds. The molecular weight excluding hydrogens is 369 g/mol. The second-order valence-electron chi connectivity index (χ2n) is 5.42. The van der Waals surface area contributed by atoms with Gasteiger partial charge in [-0.3, -0.25) is 4.79 Å².